The molecule has 7 aliphatic carbocycles. The van der Waals surface area contributed by atoms with Gasteiger partial charge in [0.1, 0.15) is 11.2 Å². The first-order valence-corrected chi connectivity index (χ1v) is 21.2. The van der Waals surface area contributed by atoms with Gasteiger partial charge in [-0.15, -0.1) is 0 Å². The van der Waals surface area contributed by atoms with Gasteiger partial charge in [-0.1, -0.05) is 69.9 Å². The van der Waals surface area contributed by atoms with Gasteiger partial charge < -0.3 is 9.47 Å². The van der Waals surface area contributed by atoms with E-state index in [4.69, 9.17) is 9.47 Å². The third kappa shape index (κ3) is 6.68. The summed E-state index contributed by atoms with van der Waals surface area (Å²) < 4.78 is 105. The van der Waals surface area contributed by atoms with Crippen molar-refractivity contribution in [3.8, 4) is 5.75 Å². The van der Waals surface area contributed by atoms with Gasteiger partial charge in [0.25, 0.3) is 0 Å². The molecule has 284 valence electrons. The molecular weight excluding hydrogens is 697 g/mol. The van der Waals surface area contributed by atoms with E-state index in [9.17, 15) is 26.5 Å². The van der Waals surface area contributed by atoms with E-state index in [1.807, 2.05) is 0 Å². The van der Waals surface area contributed by atoms with Crippen molar-refractivity contribution in [2.75, 3.05) is 0 Å². The number of rotatable bonds is 8. The Bertz CT molecular complexity index is 1740. The summed E-state index contributed by atoms with van der Waals surface area (Å²) in [5.41, 5.74) is 2.05. The summed E-state index contributed by atoms with van der Waals surface area (Å²) >= 11 is 0. The second kappa shape index (κ2) is 13.9. The predicted molar refractivity (Wildman–Crippen MR) is 186 cm³/mol. The van der Waals surface area contributed by atoms with Crippen LogP contribution in [0.25, 0.3) is 0 Å². The van der Waals surface area contributed by atoms with Gasteiger partial charge in [-0.25, -0.2) is 13.6 Å². The summed E-state index contributed by atoms with van der Waals surface area (Å²) in [7, 11) is -5.61. The van der Waals surface area contributed by atoms with Gasteiger partial charge in [0.2, 0.25) is 11.6 Å². The van der Waals surface area contributed by atoms with Crippen molar-refractivity contribution in [3.63, 3.8) is 0 Å². The quantitative estimate of drug-likeness (QED) is 0.125. The fourth-order valence-corrected chi connectivity index (χ4v) is 12.4. The van der Waals surface area contributed by atoms with Gasteiger partial charge in [0, 0.05) is 6.42 Å². The molecule has 2 aromatic rings. The summed E-state index contributed by atoms with van der Waals surface area (Å²) in [6.07, 6.45) is 19.8. The van der Waals surface area contributed by atoms with Crippen LogP contribution in [0.1, 0.15) is 180 Å². The summed E-state index contributed by atoms with van der Waals surface area (Å²) in [6.45, 7) is 0. The van der Waals surface area contributed by atoms with Crippen molar-refractivity contribution >= 4 is 16.1 Å². The number of carbonyl (C=O) groups is 1. The fraction of sp³-hybridized carbons (Fsp3) is 0.683. The lowest BCUT2D eigenvalue weighted by atomic mass is 9.52. The first-order valence-electron chi connectivity index (χ1n) is 19.8. The van der Waals surface area contributed by atoms with Crippen LogP contribution in [0.3, 0.4) is 0 Å². The highest BCUT2D eigenvalue weighted by molar-refractivity contribution is 7.85. The number of esters is 1. The van der Waals surface area contributed by atoms with Crippen LogP contribution >= 0.6 is 0 Å². The first-order chi connectivity index (χ1) is 24.9. The highest BCUT2D eigenvalue weighted by Crippen LogP contribution is 2.61. The van der Waals surface area contributed by atoms with E-state index in [1.54, 1.807) is 0 Å². The van der Waals surface area contributed by atoms with Crippen molar-refractivity contribution < 1.29 is 44.8 Å². The number of ether oxygens (including phenoxy) is 2. The summed E-state index contributed by atoms with van der Waals surface area (Å²) in [6, 6.07) is 4.67. The number of benzene rings is 2. The molecule has 0 radical (unpaired) electrons. The predicted octanol–water partition coefficient (Wildman–Crippen LogP) is 11.0. The monoisotopic (exact) mass is 746 g/mol. The maximum absolute atomic E-state index is 15.3. The molecule has 0 aromatic heterocycles. The van der Waals surface area contributed by atoms with Gasteiger partial charge in [0.05, 0.1) is 5.56 Å². The normalized spacial score (nSPS) is 30.1. The van der Waals surface area contributed by atoms with Crippen LogP contribution in [0.4, 0.5) is 17.6 Å². The van der Waals surface area contributed by atoms with Crippen LogP contribution in [0.15, 0.2) is 17.0 Å². The van der Waals surface area contributed by atoms with E-state index in [2.05, 4.69) is 12.1 Å². The minimum atomic E-state index is -5.61. The molecule has 2 aromatic carbocycles. The Balaban J connectivity index is 1.16. The Labute approximate surface area is 304 Å². The molecule has 4 bridgehead atoms. The molecule has 7 fully saturated rings. The van der Waals surface area contributed by atoms with E-state index >= 15 is 8.78 Å². The Morgan fingerprint density at radius 3 is 1.56 bits per heavy atom. The molecule has 0 heterocycles. The van der Waals surface area contributed by atoms with E-state index in [-0.39, 0.29) is 36.1 Å². The molecule has 0 aliphatic heterocycles. The zero-order chi connectivity index (χ0) is 36.4. The Kier molecular flexibility index (Phi) is 9.70. The van der Waals surface area contributed by atoms with Gasteiger partial charge in [-0.3, -0.25) is 4.55 Å². The van der Waals surface area contributed by atoms with Crippen molar-refractivity contribution in [2.45, 2.75) is 169 Å². The molecule has 9 rings (SSSR count). The van der Waals surface area contributed by atoms with Crippen molar-refractivity contribution in [3.05, 3.63) is 57.7 Å². The third-order valence-electron chi connectivity index (χ3n) is 13.6. The largest absolute Gasteiger partial charge is 0.481 e. The van der Waals surface area contributed by atoms with Crippen LogP contribution in [0, 0.1) is 35.1 Å². The molecular formula is C41H50F4O6S. The van der Waals surface area contributed by atoms with Crippen molar-refractivity contribution in [2.24, 2.45) is 11.8 Å². The second-order valence-corrected chi connectivity index (χ2v) is 18.6. The number of hydrogen-bond donors (Lipinski definition) is 1. The van der Waals surface area contributed by atoms with Gasteiger partial charge in [-0.2, -0.15) is 17.2 Å². The Morgan fingerprint density at radius 1 is 0.654 bits per heavy atom. The minimum Gasteiger partial charge on any atom is -0.481 e. The Hall–Kier alpha value is -2.66. The van der Waals surface area contributed by atoms with Crippen LogP contribution in [0.2, 0.25) is 0 Å². The molecule has 7 aliphatic rings. The minimum absolute atomic E-state index is 0.00346. The fourth-order valence-electron chi connectivity index (χ4n) is 11.8. The molecule has 11 heteroatoms. The van der Waals surface area contributed by atoms with Crippen molar-refractivity contribution in [1.82, 2.24) is 0 Å². The number of halogens is 4. The smallest absolute Gasteiger partial charge is 0.339 e. The first kappa shape index (κ1) is 36.3. The SMILES string of the molecule is O=C(OC12CC3CC(C1)CC(Oc1c(F)c(F)c(S(=O)(=O)O)c(F)c1F)(C3)C2)c1c(C2CCCCC2)cc(C2CCCCC2)cc1C1CCCCC1. The lowest BCUT2D eigenvalue weighted by Crippen LogP contribution is -2.62. The van der Waals surface area contributed by atoms with E-state index < -0.39 is 55.2 Å². The van der Waals surface area contributed by atoms with Crippen LogP contribution in [-0.4, -0.2) is 30.1 Å². The second-order valence-electron chi connectivity index (χ2n) is 17.3. The number of carbonyl (C=O) groups excluding carboxylic acids is 1. The lowest BCUT2D eigenvalue weighted by molar-refractivity contribution is -0.191. The van der Waals surface area contributed by atoms with Gasteiger partial charge >= 0.3 is 16.1 Å². The molecule has 6 nitrogen and oxygen atoms in total. The Morgan fingerprint density at radius 2 is 1.10 bits per heavy atom. The molecule has 2 unspecified atom stereocenters. The molecule has 52 heavy (non-hydrogen) atoms. The highest BCUT2D eigenvalue weighted by atomic mass is 32.2. The highest BCUT2D eigenvalue weighted by Gasteiger charge is 2.62. The van der Waals surface area contributed by atoms with Gasteiger partial charge in [0.15, 0.2) is 22.3 Å². The maximum Gasteiger partial charge on any atom is 0.339 e. The van der Waals surface area contributed by atoms with Crippen LogP contribution in [-0.2, 0) is 14.9 Å². The summed E-state index contributed by atoms with van der Waals surface area (Å²) in [5, 5.41) is 0. The van der Waals surface area contributed by atoms with Crippen molar-refractivity contribution in [1.29, 1.82) is 0 Å². The zero-order valence-corrected chi connectivity index (χ0v) is 30.6. The topological polar surface area (TPSA) is 89.9 Å². The average molecular weight is 747 g/mol. The molecule has 2 atom stereocenters. The maximum atomic E-state index is 15.3. The average Bonchev–Trinajstić information content (AvgIpc) is 3.12. The van der Waals surface area contributed by atoms with Gasteiger partial charge in [-0.05, 0) is 117 Å². The summed E-state index contributed by atoms with van der Waals surface area (Å²) in [4.78, 5) is 12.9. The molecule has 7 saturated carbocycles. The third-order valence-corrected chi connectivity index (χ3v) is 14.5. The lowest BCUT2D eigenvalue weighted by Gasteiger charge is -2.60. The zero-order valence-electron chi connectivity index (χ0n) is 29.8. The van der Waals surface area contributed by atoms with E-state index in [1.165, 1.54) is 50.5 Å². The molecule has 0 saturated heterocycles. The molecule has 1 N–H and O–H groups in total. The molecule has 0 spiro atoms. The van der Waals surface area contributed by atoms with E-state index in [0.29, 0.717) is 37.2 Å². The molecule has 0 amide bonds. The number of hydrogen-bond acceptors (Lipinski definition) is 5. The summed E-state index contributed by atoms with van der Waals surface area (Å²) in [5.74, 6) is -9.22. The van der Waals surface area contributed by atoms with Crippen LogP contribution in [0.5, 0.6) is 5.75 Å². The standard InChI is InChI=1S/C41H50F4O6S/c42-33-35(44)38(52(47,48)49)36(45)34(43)37(33)50-40-19-24-16-25(20-40)22-41(21-24,23-40)51-39(46)32-30(27-12-6-2-7-13-27)17-29(26-10-4-1-5-11-26)18-31(32)28-14-8-3-9-15-28/h17-18,24-28H,1-16,19-23H2,(H,47,48,49). The van der Waals surface area contributed by atoms with E-state index in [0.717, 1.165) is 68.9 Å². The van der Waals surface area contributed by atoms with Crippen LogP contribution < -0.4 is 4.74 Å².